The maximum Gasteiger partial charge on any atom is 0.180 e. The Hall–Kier alpha value is -2.72. The summed E-state index contributed by atoms with van der Waals surface area (Å²) in [5.41, 5.74) is 5.41. The first-order valence-electron chi connectivity index (χ1n) is 9.60. The summed E-state index contributed by atoms with van der Waals surface area (Å²) in [6.07, 6.45) is 0. The van der Waals surface area contributed by atoms with Gasteiger partial charge in [-0.25, -0.2) is 4.39 Å². The van der Waals surface area contributed by atoms with Gasteiger partial charge in [-0.2, -0.15) is 0 Å². The van der Waals surface area contributed by atoms with Crippen LogP contribution in [0.5, 0.6) is 11.5 Å². The summed E-state index contributed by atoms with van der Waals surface area (Å²) in [5, 5.41) is 3.94. The van der Waals surface area contributed by atoms with Crippen molar-refractivity contribution in [2.45, 2.75) is 33.9 Å². The molecule has 3 rings (SSSR count). The van der Waals surface area contributed by atoms with E-state index in [2.05, 4.69) is 31.3 Å². The van der Waals surface area contributed by atoms with Gasteiger partial charge in [0.2, 0.25) is 0 Å². The molecular formula is C24H25ClFNO2. The van der Waals surface area contributed by atoms with E-state index >= 15 is 0 Å². The number of hydrogen-bond donors (Lipinski definition) is 1. The minimum absolute atomic E-state index is 0.275. The summed E-state index contributed by atoms with van der Waals surface area (Å²) in [6, 6.07) is 16.2. The Morgan fingerprint density at radius 1 is 0.966 bits per heavy atom. The summed E-state index contributed by atoms with van der Waals surface area (Å²) < 4.78 is 24.7. The predicted octanol–water partition coefficient (Wildman–Crippen LogP) is 6.69. The van der Waals surface area contributed by atoms with Crippen LogP contribution in [0.1, 0.15) is 29.2 Å². The summed E-state index contributed by atoms with van der Waals surface area (Å²) in [4.78, 5) is 0. The van der Waals surface area contributed by atoms with E-state index in [-0.39, 0.29) is 12.4 Å². The highest BCUT2D eigenvalue weighted by Gasteiger charge is 2.13. The molecule has 0 heterocycles. The van der Waals surface area contributed by atoms with E-state index in [4.69, 9.17) is 21.1 Å². The number of rotatable bonds is 8. The smallest absolute Gasteiger partial charge is 0.180 e. The van der Waals surface area contributed by atoms with Crippen LogP contribution in [0.15, 0.2) is 54.6 Å². The quantitative estimate of drug-likeness (QED) is 0.446. The second-order valence-electron chi connectivity index (χ2n) is 6.85. The van der Waals surface area contributed by atoms with Crippen molar-refractivity contribution < 1.29 is 13.9 Å². The standard InChI is InChI=1S/C24H25ClFNO2/c1-4-28-23-13-19(14-27-22-7-5-6-16(2)17(22)3)12-21(25)24(23)29-15-18-8-10-20(26)11-9-18/h5-13,27H,4,14-15H2,1-3H3. The van der Waals surface area contributed by atoms with Gasteiger partial charge in [-0.3, -0.25) is 0 Å². The molecule has 1 N–H and O–H groups in total. The fraction of sp³-hybridized carbons (Fsp3) is 0.250. The fourth-order valence-electron chi connectivity index (χ4n) is 3.00. The van der Waals surface area contributed by atoms with E-state index < -0.39 is 0 Å². The van der Waals surface area contributed by atoms with Gasteiger partial charge in [-0.15, -0.1) is 0 Å². The van der Waals surface area contributed by atoms with Crippen molar-refractivity contribution in [2.75, 3.05) is 11.9 Å². The molecule has 29 heavy (non-hydrogen) atoms. The van der Waals surface area contributed by atoms with Crippen molar-refractivity contribution in [1.82, 2.24) is 0 Å². The molecule has 3 aromatic carbocycles. The average Bonchev–Trinajstić information content (AvgIpc) is 2.70. The van der Waals surface area contributed by atoms with Gasteiger partial charge in [0.25, 0.3) is 0 Å². The molecule has 0 saturated heterocycles. The maximum atomic E-state index is 13.1. The molecule has 3 nitrogen and oxygen atoms in total. The van der Waals surface area contributed by atoms with E-state index in [0.717, 1.165) is 16.8 Å². The maximum absolute atomic E-state index is 13.1. The zero-order valence-corrected chi connectivity index (χ0v) is 17.6. The van der Waals surface area contributed by atoms with Crippen LogP contribution in [0, 0.1) is 19.7 Å². The van der Waals surface area contributed by atoms with Crippen molar-refractivity contribution in [1.29, 1.82) is 0 Å². The van der Waals surface area contributed by atoms with Crippen LogP contribution in [-0.4, -0.2) is 6.61 Å². The van der Waals surface area contributed by atoms with Gasteiger partial charge in [0.05, 0.1) is 11.6 Å². The number of halogens is 2. The molecule has 0 unspecified atom stereocenters. The highest BCUT2D eigenvalue weighted by Crippen LogP contribution is 2.37. The summed E-state index contributed by atoms with van der Waals surface area (Å²) in [7, 11) is 0. The van der Waals surface area contributed by atoms with Crippen LogP contribution >= 0.6 is 11.6 Å². The highest BCUT2D eigenvalue weighted by atomic mass is 35.5. The first-order chi connectivity index (χ1) is 14.0. The molecule has 0 radical (unpaired) electrons. The number of hydrogen-bond acceptors (Lipinski definition) is 3. The largest absolute Gasteiger partial charge is 0.490 e. The Balaban J connectivity index is 1.76. The van der Waals surface area contributed by atoms with E-state index in [9.17, 15) is 4.39 Å². The van der Waals surface area contributed by atoms with Crippen molar-refractivity contribution in [2.24, 2.45) is 0 Å². The molecule has 0 aliphatic rings. The summed E-state index contributed by atoms with van der Waals surface area (Å²) >= 11 is 6.51. The third kappa shape index (κ3) is 5.42. The lowest BCUT2D eigenvalue weighted by Gasteiger charge is -2.17. The molecule has 0 aliphatic carbocycles. The summed E-state index contributed by atoms with van der Waals surface area (Å²) in [5.74, 6) is 0.815. The second-order valence-corrected chi connectivity index (χ2v) is 7.26. The normalized spacial score (nSPS) is 10.7. The van der Waals surface area contributed by atoms with Crippen molar-refractivity contribution in [3.8, 4) is 11.5 Å². The van der Waals surface area contributed by atoms with Gasteiger partial charge in [0.1, 0.15) is 12.4 Å². The SMILES string of the molecule is CCOc1cc(CNc2cccc(C)c2C)cc(Cl)c1OCc1ccc(F)cc1. The molecule has 0 spiro atoms. The van der Waals surface area contributed by atoms with Gasteiger partial charge in [-0.1, -0.05) is 35.9 Å². The molecule has 0 aliphatic heterocycles. The van der Waals surface area contributed by atoms with Crippen molar-refractivity contribution in [3.05, 3.63) is 87.7 Å². The molecule has 0 saturated carbocycles. The zero-order valence-electron chi connectivity index (χ0n) is 16.9. The first kappa shape index (κ1) is 21.0. The van der Waals surface area contributed by atoms with Crippen LogP contribution in [0.3, 0.4) is 0 Å². The number of benzene rings is 3. The average molecular weight is 414 g/mol. The zero-order chi connectivity index (χ0) is 20.8. The van der Waals surface area contributed by atoms with Crippen molar-refractivity contribution in [3.63, 3.8) is 0 Å². The Morgan fingerprint density at radius 2 is 1.72 bits per heavy atom. The van der Waals surface area contributed by atoms with Crippen LogP contribution in [-0.2, 0) is 13.2 Å². The topological polar surface area (TPSA) is 30.5 Å². The summed E-state index contributed by atoms with van der Waals surface area (Å²) in [6.45, 7) is 7.50. The number of anilines is 1. The molecular weight excluding hydrogens is 389 g/mol. The van der Waals surface area contributed by atoms with Crippen LogP contribution in [0.25, 0.3) is 0 Å². The lowest BCUT2D eigenvalue weighted by atomic mass is 10.1. The van der Waals surface area contributed by atoms with Gasteiger partial charge < -0.3 is 14.8 Å². The Kier molecular flexibility index (Phi) is 6.99. The predicted molar refractivity (Wildman–Crippen MR) is 117 cm³/mol. The first-order valence-corrected chi connectivity index (χ1v) is 9.98. The van der Waals surface area contributed by atoms with Crippen molar-refractivity contribution >= 4 is 17.3 Å². The molecule has 0 atom stereocenters. The van der Waals surface area contributed by atoms with E-state index in [0.29, 0.717) is 29.7 Å². The minimum Gasteiger partial charge on any atom is -0.490 e. The lowest BCUT2D eigenvalue weighted by molar-refractivity contribution is 0.269. The van der Waals surface area contributed by atoms with E-state index in [1.807, 2.05) is 25.1 Å². The Morgan fingerprint density at radius 3 is 2.45 bits per heavy atom. The highest BCUT2D eigenvalue weighted by molar-refractivity contribution is 6.32. The lowest BCUT2D eigenvalue weighted by Crippen LogP contribution is -2.05. The monoisotopic (exact) mass is 413 g/mol. The second kappa shape index (κ2) is 9.66. The Labute approximate surface area is 176 Å². The minimum atomic E-state index is -0.275. The molecule has 3 aromatic rings. The number of aryl methyl sites for hydroxylation is 1. The van der Waals surface area contributed by atoms with E-state index in [1.165, 1.54) is 23.3 Å². The van der Waals surface area contributed by atoms with Crippen LogP contribution in [0.2, 0.25) is 5.02 Å². The van der Waals surface area contributed by atoms with Gasteiger partial charge in [-0.05, 0) is 73.4 Å². The van der Waals surface area contributed by atoms with Gasteiger partial charge in [0.15, 0.2) is 11.5 Å². The van der Waals surface area contributed by atoms with E-state index in [1.54, 1.807) is 12.1 Å². The van der Waals surface area contributed by atoms with Crippen LogP contribution in [0.4, 0.5) is 10.1 Å². The van der Waals surface area contributed by atoms with Gasteiger partial charge >= 0.3 is 0 Å². The molecule has 0 aromatic heterocycles. The third-order valence-corrected chi connectivity index (χ3v) is 5.03. The third-order valence-electron chi connectivity index (χ3n) is 4.75. The molecule has 152 valence electrons. The Bertz CT molecular complexity index is 973. The number of ether oxygens (including phenoxy) is 2. The van der Waals surface area contributed by atoms with Crippen LogP contribution < -0.4 is 14.8 Å². The molecule has 0 fully saturated rings. The number of nitrogens with one attached hydrogen (secondary N) is 1. The molecule has 0 bridgehead atoms. The fourth-order valence-corrected chi connectivity index (χ4v) is 3.29. The molecule has 0 amide bonds. The molecule has 5 heteroatoms. The van der Waals surface area contributed by atoms with Gasteiger partial charge in [0, 0.05) is 12.2 Å².